The number of benzene rings is 1. The molecule has 70 valence electrons. The number of nitrogens with one attached hydrogen (secondary N) is 1. The second kappa shape index (κ2) is 3.98. The number of alkyl halides is 2. The Morgan fingerprint density at radius 3 is 2.54 bits per heavy atom. The number of rotatable bonds is 3. The highest BCUT2D eigenvalue weighted by Crippen LogP contribution is 2.17. The van der Waals surface area contributed by atoms with Crippen LogP contribution in [-0.4, -0.2) is 19.3 Å². The number of para-hydroxylation sites is 1. The lowest BCUT2D eigenvalue weighted by molar-refractivity contribution is 0.0679. The maximum Gasteiger partial charge on any atom is 0.300 e. The molecule has 0 fully saturated rings. The van der Waals surface area contributed by atoms with E-state index in [9.17, 15) is 13.6 Å². The van der Waals surface area contributed by atoms with Crippen LogP contribution < -0.4 is 5.32 Å². The summed E-state index contributed by atoms with van der Waals surface area (Å²) in [7, 11) is 1.58. The zero-order chi connectivity index (χ0) is 9.84. The molecule has 0 aliphatic rings. The number of halogens is 2. The molecule has 13 heavy (non-hydrogen) atoms. The Morgan fingerprint density at radius 1 is 1.38 bits per heavy atom. The maximum atomic E-state index is 12.1. The van der Waals surface area contributed by atoms with E-state index >= 15 is 0 Å². The summed E-state index contributed by atoms with van der Waals surface area (Å²) in [6.45, 7) is 0. The third-order valence-corrected chi connectivity index (χ3v) is 1.66. The molecule has 0 radical (unpaired) electrons. The van der Waals surface area contributed by atoms with Crippen LogP contribution in [0.1, 0.15) is 10.4 Å². The van der Waals surface area contributed by atoms with E-state index in [-0.39, 0.29) is 5.56 Å². The molecule has 0 aliphatic carbocycles. The number of hydrogen-bond donors (Lipinski definition) is 1. The lowest BCUT2D eigenvalue weighted by atomic mass is 10.1. The minimum atomic E-state index is -2.95. The highest BCUT2D eigenvalue weighted by molar-refractivity contribution is 6.03. The number of hydrogen-bond acceptors (Lipinski definition) is 2. The van der Waals surface area contributed by atoms with Gasteiger partial charge in [0.2, 0.25) is 5.78 Å². The van der Waals surface area contributed by atoms with Crippen LogP contribution in [0.25, 0.3) is 0 Å². The molecule has 0 spiro atoms. The van der Waals surface area contributed by atoms with E-state index in [0.717, 1.165) is 0 Å². The van der Waals surface area contributed by atoms with E-state index in [0.29, 0.717) is 5.69 Å². The highest BCUT2D eigenvalue weighted by Gasteiger charge is 2.19. The van der Waals surface area contributed by atoms with Crippen molar-refractivity contribution in [3.05, 3.63) is 29.8 Å². The predicted molar refractivity (Wildman–Crippen MR) is 46.3 cm³/mol. The van der Waals surface area contributed by atoms with Gasteiger partial charge in [0.1, 0.15) is 0 Å². The Balaban J connectivity index is 3.06. The second-order valence-electron chi connectivity index (χ2n) is 2.46. The van der Waals surface area contributed by atoms with Crippen molar-refractivity contribution in [2.75, 3.05) is 12.4 Å². The van der Waals surface area contributed by atoms with Crippen LogP contribution in [0.15, 0.2) is 24.3 Å². The van der Waals surface area contributed by atoms with Gasteiger partial charge >= 0.3 is 6.43 Å². The summed E-state index contributed by atoms with van der Waals surface area (Å²) in [5.74, 6) is -1.15. The van der Waals surface area contributed by atoms with Crippen molar-refractivity contribution in [2.24, 2.45) is 0 Å². The van der Waals surface area contributed by atoms with Gasteiger partial charge in [0.25, 0.3) is 0 Å². The molecule has 0 bridgehead atoms. The molecule has 1 aromatic carbocycles. The summed E-state index contributed by atoms with van der Waals surface area (Å²) in [6.07, 6.45) is -2.95. The van der Waals surface area contributed by atoms with Gasteiger partial charge in [-0.15, -0.1) is 0 Å². The quantitative estimate of drug-likeness (QED) is 0.731. The molecule has 0 amide bonds. The average molecular weight is 185 g/mol. The molecule has 1 aromatic rings. The van der Waals surface area contributed by atoms with Crippen LogP contribution in [0.2, 0.25) is 0 Å². The van der Waals surface area contributed by atoms with Crippen molar-refractivity contribution >= 4 is 11.5 Å². The molecular weight excluding hydrogens is 176 g/mol. The molecule has 0 aliphatic heterocycles. The van der Waals surface area contributed by atoms with Gasteiger partial charge in [-0.3, -0.25) is 4.79 Å². The van der Waals surface area contributed by atoms with Gasteiger partial charge in [-0.2, -0.15) is 0 Å². The van der Waals surface area contributed by atoms with Crippen LogP contribution in [0.3, 0.4) is 0 Å². The molecule has 0 aromatic heterocycles. The first-order valence-corrected chi connectivity index (χ1v) is 3.76. The van der Waals surface area contributed by atoms with E-state index in [4.69, 9.17) is 0 Å². The SMILES string of the molecule is CNc1ccccc1C(=O)C(F)F. The monoisotopic (exact) mass is 185 g/mol. The molecule has 0 unspecified atom stereocenters. The van der Waals surface area contributed by atoms with Crippen LogP contribution in [0.5, 0.6) is 0 Å². The van der Waals surface area contributed by atoms with Crippen LogP contribution in [-0.2, 0) is 0 Å². The summed E-state index contributed by atoms with van der Waals surface area (Å²) in [4.78, 5) is 10.9. The summed E-state index contributed by atoms with van der Waals surface area (Å²) >= 11 is 0. The molecule has 1 N–H and O–H groups in total. The molecule has 2 nitrogen and oxygen atoms in total. The Bertz CT molecular complexity index is 312. The largest absolute Gasteiger partial charge is 0.388 e. The van der Waals surface area contributed by atoms with Crippen LogP contribution in [0, 0.1) is 0 Å². The van der Waals surface area contributed by atoms with Crippen molar-refractivity contribution < 1.29 is 13.6 Å². The predicted octanol–water partition coefficient (Wildman–Crippen LogP) is 2.18. The topological polar surface area (TPSA) is 29.1 Å². The Hall–Kier alpha value is -1.45. The van der Waals surface area contributed by atoms with Crippen molar-refractivity contribution in [1.82, 2.24) is 0 Å². The number of anilines is 1. The molecule has 0 atom stereocenters. The average Bonchev–Trinajstić information content (AvgIpc) is 2.16. The summed E-state index contributed by atoms with van der Waals surface area (Å²) in [5.41, 5.74) is 0.452. The van der Waals surface area contributed by atoms with Gasteiger partial charge in [0.15, 0.2) is 0 Å². The molecule has 0 heterocycles. The van der Waals surface area contributed by atoms with Crippen molar-refractivity contribution in [2.45, 2.75) is 6.43 Å². The Kier molecular flexibility index (Phi) is 2.95. The lowest BCUT2D eigenvalue weighted by Crippen LogP contribution is -2.12. The van der Waals surface area contributed by atoms with Gasteiger partial charge < -0.3 is 5.32 Å². The van der Waals surface area contributed by atoms with E-state index < -0.39 is 12.2 Å². The van der Waals surface area contributed by atoms with Crippen molar-refractivity contribution in [3.8, 4) is 0 Å². The zero-order valence-corrected chi connectivity index (χ0v) is 7.05. The smallest absolute Gasteiger partial charge is 0.300 e. The second-order valence-corrected chi connectivity index (χ2v) is 2.46. The van der Waals surface area contributed by atoms with Gasteiger partial charge in [0.05, 0.1) is 0 Å². The number of carbonyl (C=O) groups is 1. The fourth-order valence-corrected chi connectivity index (χ4v) is 1.03. The number of ketones is 1. The third kappa shape index (κ3) is 2.02. The van der Waals surface area contributed by atoms with Gasteiger partial charge in [-0.25, -0.2) is 8.78 Å². The Labute approximate surface area is 74.6 Å². The molecule has 1 rings (SSSR count). The van der Waals surface area contributed by atoms with E-state index in [1.165, 1.54) is 6.07 Å². The highest BCUT2D eigenvalue weighted by atomic mass is 19.3. The first-order chi connectivity index (χ1) is 6.16. The van der Waals surface area contributed by atoms with Gasteiger partial charge in [-0.05, 0) is 12.1 Å². The standard InChI is InChI=1S/C9H9F2NO/c1-12-7-5-3-2-4-6(7)8(13)9(10)11/h2-5,9,12H,1H3. The van der Waals surface area contributed by atoms with Crippen LogP contribution in [0.4, 0.5) is 14.5 Å². The third-order valence-electron chi connectivity index (χ3n) is 1.66. The summed E-state index contributed by atoms with van der Waals surface area (Å²) < 4.78 is 24.1. The summed E-state index contributed by atoms with van der Waals surface area (Å²) in [6, 6.07) is 6.18. The fourth-order valence-electron chi connectivity index (χ4n) is 1.03. The molecular formula is C9H9F2NO. The lowest BCUT2D eigenvalue weighted by Gasteiger charge is -2.06. The molecule has 4 heteroatoms. The molecule has 0 saturated carbocycles. The van der Waals surface area contributed by atoms with Crippen molar-refractivity contribution in [1.29, 1.82) is 0 Å². The van der Waals surface area contributed by atoms with Crippen molar-refractivity contribution in [3.63, 3.8) is 0 Å². The summed E-state index contributed by atoms with van der Waals surface area (Å²) in [5, 5.41) is 2.68. The zero-order valence-electron chi connectivity index (χ0n) is 7.05. The number of Topliss-reactive ketones (excluding diaryl/α,β-unsaturated/α-hetero) is 1. The van der Waals surface area contributed by atoms with Gasteiger partial charge in [-0.1, -0.05) is 12.1 Å². The minimum Gasteiger partial charge on any atom is -0.388 e. The first-order valence-electron chi connectivity index (χ1n) is 3.76. The minimum absolute atomic E-state index is 0.0278. The normalized spacial score (nSPS) is 10.2. The van der Waals surface area contributed by atoms with E-state index in [2.05, 4.69) is 5.32 Å². The van der Waals surface area contributed by atoms with Crippen LogP contribution >= 0.6 is 0 Å². The number of carbonyl (C=O) groups excluding carboxylic acids is 1. The fraction of sp³-hybridized carbons (Fsp3) is 0.222. The molecule has 0 saturated heterocycles. The van der Waals surface area contributed by atoms with E-state index in [1.807, 2.05) is 0 Å². The first kappa shape index (κ1) is 9.64. The van der Waals surface area contributed by atoms with Gasteiger partial charge in [0, 0.05) is 18.3 Å². The maximum absolute atomic E-state index is 12.1. The van der Waals surface area contributed by atoms with E-state index in [1.54, 1.807) is 25.2 Å². The Morgan fingerprint density at radius 2 is 2.00 bits per heavy atom.